The van der Waals surface area contributed by atoms with Crippen LogP contribution in [-0.4, -0.2) is 25.9 Å². The minimum absolute atomic E-state index is 0.172. The van der Waals surface area contributed by atoms with Crippen molar-refractivity contribution in [1.82, 2.24) is 20.0 Å². The molecule has 0 aliphatic carbocycles. The first-order chi connectivity index (χ1) is 15.3. The molecule has 2 aromatic heterocycles. The number of carbonyl (C=O) groups is 1. The van der Waals surface area contributed by atoms with E-state index in [1.807, 2.05) is 49.4 Å². The molecule has 4 aromatic rings. The van der Waals surface area contributed by atoms with Crippen LogP contribution in [0.5, 0.6) is 0 Å². The molecule has 2 aromatic carbocycles. The van der Waals surface area contributed by atoms with Crippen molar-refractivity contribution in [2.75, 3.05) is 0 Å². The van der Waals surface area contributed by atoms with Crippen LogP contribution < -0.4 is 0 Å². The van der Waals surface area contributed by atoms with Crippen molar-refractivity contribution < 1.29 is 13.9 Å². The molecule has 4 rings (SSSR count). The van der Waals surface area contributed by atoms with Gasteiger partial charge in [0.2, 0.25) is 5.89 Å². The fraction of sp³-hybridized carbons (Fsp3) is 0.217. The molecule has 32 heavy (non-hydrogen) atoms. The number of hydrogen-bond acceptors (Lipinski definition) is 6. The van der Waals surface area contributed by atoms with E-state index in [4.69, 9.17) is 32.4 Å². The molecule has 2 heterocycles. The normalized spacial score (nSPS) is 12.0. The lowest BCUT2D eigenvalue weighted by Gasteiger charge is -2.09. The van der Waals surface area contributed by atoms with Crippen LogP contribution in [0.2, 0.25) is 10.2 Å². The van der Waals surface area contributed by atoms with E-state index in [1.165, 1.54) is 4.68 Å². The summed E-state index contributed by atoms with van der Waals surface area (Å²) in [5.74, 6) is -0.0867. The van der Waals surface area contributed by atoms with Crippen molar-refractivity contribution in [3.63, 3.8) is 0 Å². The number of aryl methyl sites for hydroxylation is 2. The molecule has 7 nitrogen and oxygen atoms in total. The van der Waals surface area contributed by atoms with Crippen LogP contribution in [0.25, 0.3) is 11.5 Å². The third-order valence-corrected chi connectivity index (χ3v) is 5.67. The van der Waals surface area contributed by atoms with E-state index in [1.54, 1.807) is 19.9 Å². The average Bonchev–Trinajstić information content (AvgIpc) is 3.35. The third-order valence-electron chi connectivity index (χ3n) is 4.92. The molecular weight excluding hydrogens is 451 g/mol. The zero-order valence-corrected chi connectivity index (χ0v) is 19.2. The van der Waals surface area contributed by atoms with Gasteiger partial charge in [0.15, 0.2) is 6.10 Å². The van der Waals surface area contributed by atoms with Gasteiger partial charge in [0.25, 0.3) is 5.89 Å². The topological polar surface area (TPSA) is 83.0 Å². The average molecular weight is 471 g/mol. The number of aromatic nitrogens is 4. The van der Waals surface area contributed by atoms with Crippen LogP contribution in [-0.2, 0) is 11.3 Å². The first-order valence-electron chi connectivity index (χ1n) is 9.91. The first kappa shape index (κ1) is 22.0. The van der Waals surface area contributed by atoms with E-state index < -0.39 is 12.1 Å². The second kappa shape index (κ2) is 9.14. The lowest BCUT2D eigenvalue weighted by molar-refractivity contribution is 0.0279. The Morgan fingerprint density at radius 1 is 1.09 bits per heavy atom. The molecule has 0 spiro atoms. The van der Waals surface area contributed by atoms with Gasteiger partial charge in [0, 0.05) is 10.6 Å². The SMILES string of the molecule is Cc1ccc(-c2nnc(C(C)OC(=O)c3c(C)nn(Cc4ccccc4Cl)c3Cl)o2)cc1. The Balaban J connectivity index is 1.50. The van der Waals surface area contributed by atoms with Crippen LogP contribution >= 0.6 is 23.2 Å². The molecule has 0 fully saturated rings. The minimum atomic E-state index is -0.767. The summed E-state index contributed by atoms with van der Waals surface area (Å²) in [6, 6.07) is 15.1. The molecule has 0 radical (unpaired) electrons. The Labute approximate surface area is 194 Å². The number of benzene rings is 2. The number of halogens is 2. The molecule has 0 saturated heterocycles. The lowest BCUT2D eigenvalue weighted by Crippen LogP contribution is -2.11. The Morgan fingerprint density at radius 3 is 2.53 bits per heavy atom. The van der Waals surface area contributed by atoms with E-state index >= 15 is 0 Å². The summed E-state index contributed by atoms with van der Waals surface area (Å²) in [4.78, 5) is 12.8. The van der Waals surface area contributed by atoms with Crippen LogP contribution in [0.3, 0.4) is 0 Å². The van der Waals surface area contributed by atoms with E-state index in [0.29, 0.717) is 23.2 Å². The minimum Gasteiger partial charge on any atom is -0.449 e. The quantitative estimate of drug-likeness (QED) is 0.330. The molecule has 164 valence electrons. The van der Waals surface area contributed by atoms with Gasteiger partial charge in [-0.25, -0.2) is 9.48 Å². The largest absolute Gasteiger partial charge is 0.449 e. The molecule has 0 N–H and O–H groups in total. The maximum atomic E-state index is 12.8. The van der Waals surface area contributed by atoms with Crippen LogP contribution in [0.4, 0.5) is 0 Å². The zero-order chi connectivity index (χ0) is 22.8. The predicted octanol–water partition coefficient (Wildman–Crippen LogP) is 5.82. The van der Waals surface area contributed by atoms with Gasteiger partial charge in [-0.1, -0.05) is 59.1 Å². The predicted molar refractivity (Wildman–Crippen MR) is 121 cm³/mol. The highest BCUT2D eigenvalue weighted by Gasteiger charge is 2.26. The van der Waals surface area contributed by atoms with Crippen molar-refractivity contribution in [2.45, 2.75) is 33.4 Å². The monoisotopic (exact) mass is 470 g/mol. The molecule has 1 atom stereocenters. The summed E-state index contributed by atoms with van der Waals surface area (Å²) < 4.78 is 12.8. The van der Waals surface area contributed by atoms with Gasteiger partial charge in [-0.15, -0.1) is 10.2 Å². The third kappa shape index (κ3) is 4.54. The van der Waals surface area contributed by atoms with Gasteiger partial charge in [-0.05, 0) is 44.5 Å². The summed E-state index contributed by atoms with van der Waals surface area (Å²) in [7, 11) is 0. The fourth-order valence-corrected chi connectivity index (χ4v) is 3.67. The Bertz CT molecular complexity index is 1260. The first-order valence-corrected chi connectivity index (χ1v) is 10.7. The summed E-state index contributed by atoms with van der Waals surface area (Å²) >= 11 is 12.7. The number of carbonyl (C=O) groups excluding carboxylic acids is 1. The second-order valence-electron chi connectivity index (χ2n) is 7.36. The fourth-order valence-electron chi connectivity index (χ4n) is 3.16. The van der Waals surface area contributed by atoms with Gasteiger partial charge in [0.1, 0.15) is 10.7 Å². The summed E-state index contributed by atoms with van der Waals surface area (Å²) in [5, 5.41) is 13.2. The standard InChI is InChI=1S/C23H20Cl2N4O3/c1-13-8-10-16(11-9-13)22-27-26-21(32-22)15(3)31-23(30)19-14(2)28-29(20(19)25)12-17-6-4-5-7-18(17)24/h4-11,15H,12H2,1-3H3. The number of esters is 1. The van der Waals surface area contributed by atoms with Gasteiger partial charge >= 0.3 is 5.97 Å². The van der Waals surface area contributed by atoms with Crippen LogP contribution in [0, 0.1) is 13.8 Å². The van der Waals surface area contributed by atoms with Crippen LogP contribution in [0.15, 0.2) is 52.9 Å². The molecule has 0 aliphatic rings. The highest BCUT2D eigenvalue weighted by atomic mass is 35.5. The number of ether oxygens (including phenoxy) is 1. The Morgan fingerprint density at radius 2 is 1.81 bits per heavy atom. The van der Waals surface area contributed by atoms with Gasteiger partial charge in [0.05, 0.1) is 12.2 Å². The molecular formula is C23H20Cl2N4O3. The summed E-state index contributed by atoms with van der Waals surface area (Å²) in [6.45, 7) is 5.67. The molecule has 9 heteroatoms. The van der Waals surface area contributed by atoms with Crippen molar-refractivity contribution >= 4 is 29.2 Å². The molecule has 0 aliphatic heterocycles. The highest BCUT2D eigenvalue weighted by Crippen LogP contribution is 2.27. The van der Waals surface area contributed by atoms with Crippen molar-refractivity contribution in [2.24, 2.45) is 0 Å². The van der Waals surface area contributed by atoms with E-state index in [9.17, 15) is 4.79 Å². The molecule has 0 amide bonds. The molecule has 0 saturated carbocycles. The summed E-state index contributed by atoms with van der Waals surface area (Å²) in [6.07, 6.45) is -0.767. The van der Waals surface area contributed by atoms with Gasteiger partial charge < -0.3 is 9.15 Å². The van der Waals surface area contributed by atoms with E-state index in [0.717, 1.165) is 16.7 Å². The number of hydrogen-bond donors (Lipinski definition) is 0. The number of rotatable bonds is 6. The van der Waals surface area contributed by atoms with Crippen molar-refractivity contribution in [3.05, 3.63) is 87.0 Å². The maximum absolute atomic E-state index is 12.8. The van der Waals surface area contributed by atoms with Gasteiger partial charge in [-0.3, -0.25) is 0 Å². The molecule has 1 unspecified atom stereocenters. The molecule has 0 bridgehead atoms. The zero-order valence-electron chi connectivity index (χ0n) is 17.7. The highest BCUT2D eigenvalue weighted by molar-refractivity contribution is 6.33. The number of nitrogens with zero attached hydrogens (tertiary/aromatic N) is 4. The summed E-state index contributed by atoms with van der Waals surface area (Å²) in [5.41, 5.74) is 3.38. The van der Waals surface area contributed by atoms with Crippen LogP contribution in [0.1, 0.15) is 46.1 Å². The van der Waals surface area contributed by atoms with Gasteiger partial charge in [-0.2, -0.15) is 5.10 Å². The maximum Gasteiger partial charge on any atom is 0.343 e. The van der Waals surface area contributed by atoms with E-state index in [2.05, 4.69) is 15.3 Å². The second-order valence-corrected chi connectivity index (χ2v) is 8.12. The lowest BCUT2D eigenvalue weighted by atomic mass is 10.1. The van der Waals surface area contributed by atoms with Crippen molar-refractivity contribution in [3.8, 4) is 11.5 Å². The Kier molecular flexibility index (Phi) is 6.30. The smallest absolute Gasteiger partial charge is 0.343 e. The van der Waals surface area contributed by atoms with Crippen molar-refractivity contribution in [1.29, 1.82) is 0 Å². The Hall–Kier alpha value is -3.16. The van der Waals surface area contributed by atoms with E-state index in [-0.39, 0.29) is 16.6 Å².